The Balaban J connectivity index is 1.96. The number of aryl methyl sites for hydroxylation is 1. The number of imidazole rings is 1. The summed E-state index contributed by atoms with van der Waals surface area (Å²) in [6.45, 7) is 1.88. The Bertz CT molecular complexity index is 775. The van der Waals surface area contributed by atoms with Gasteiger partial charge in [-0.15, -0.1) is 0 Å². The summed E-state index contributed by atoms with van der Waals surface area (Å²) < 4.78 is 15.0. The number of hydrogen-bond acceptors (Lipinski definition) is 3. The first-order valence-corrected chi connectivity index (χ1v) is 6.78. The fourth-order valence-electron chi connectivity index (χ4n) is 2.49. The lowest BCUT2D eigenvalue weighted by atomic mass is 9.94. The van der Waals surface area contributed by atoms with E-state index in [2.05, 4.69) is 9.97 Å². The van der Waals surface area contributed by atoms with Crippen molar-refractivity contribution in [2.75, 3.05) is 0 Å². The number of fused-ring (bicyclic) bond motifs is 1. The van der Waals surface area contributed by atoms with Crippen molar-refractivity contribution in [2.45, 2.75) is 18.9 Å². The van der Waals surface area contributed by atoms with Crippen LogP contribution < -0.4 is 5.73 Å². The third kappa shape index (κ3) is 2.52. The molecule has 1 atom stereocenters. The maximum absolute atomic E-state index is 13.0. The van der Waals surface area contributed by atoms with Crippen molar-refractivity contribution in [3.63, 3.8) is 0 Å². The van der Waals surface area contributed by atoms with E-state index in [1.165, 1.54) is 12.3 Å². The molecular formula is C16H17FN4. The minimum atomic E-state index is -0.706. The van der Waals surface area contributed by atoms with E-state index in [0.29, 0.717) is 12.1 Å². The molecule has 2 aromatic heterocycles. The van der Waals surface area contributed by atoms with Gasteiger partial charge in [0.1, 0.15) is 11.6 Å². The van der Waals surface area contributed by atoms with Crippen LogP contribution in [-0.2, 0) is 19.0 Å². The molecule has 1 aromatic carbocycles. The topological polar surface area (TPSA) is 56.7 Å². The number of para-hydroxylation sites is 2. The van der Waals surface area contributed by atoms with Crippen molar-refractivity contribution in [3.8, 4) is 0 Å². The van der Waals surface area contributed by atoms with Crippen LogP contribution in [0.4, 0.5) is 4.39 Å². The summed E-state index contributed by atoms with van der Waals surface area (Å²) in [6.07, 6.45) is 1.71. The molecule has 0 fully saturated rings. The van der Waals surface area contributed by atoms with Crippen molar-refractivity contribution < 1.29 is 4.39 Å². The Labute approximate surface area is 122 Å². The van der Waals surface area contributed by atoms with Crippen molar-refractivity contribution in [1.29, 1.82) is 0 Å². The molecule has 0 bridgehead atoms. The Morgan fingerprint density at radius 1 is 1.24 bits per heavy atom. The standard InChI is InChI=1S/C16H17FN4/c1-16(18,14-8-7-11(17)10-19-14)9-15-20-12-5-3-4-6-13(12)21(15)2/h3-8,10H,9,18H2,1-2H3. The monoisotopic (exact) mass is 284 g/mol. The van der Waals surface area contributed by atoms with E-state index in [9.17, 15) is 4.39 Å². The van der Waals surface area contributed by atoms with E-state index in [1.807, 2.05) is 42.8 Å². The lowest BCUT2D eigenvalue weighted by Crippen LogP contribution is -2.37. The van der Waals surface area contributed by atoms with E-state index < -0.39 is 5.54 Å². The minimum Gasteiger partial charge on any atom is -0.331 e. The largest absolute Gasteiger partial charge is 0.331 e. The minimum absolute atomic E-state index is 0.364. The molecule has 0 saturated heterocycles. The van der Waals surface area contributed by atoms with Crippen LogP contribution in [0.15, 0.2) is 42.6 Å². The smallest absolute Gasteiger partial charge is 0.141 e. The Morgan fingerprint density at radius 2 is 2.00 bits per heavy atom. The molecule has 3 rings (SSSR count). The molecule has 0 spiro atoms. The van der Waals surface area contributed by atoms with Gasteiger partial charge in [0.2, 0.25) is 0 Å². The van der Waals surface area contributed by atoms with Gasteiger partial charge in [-0.25, -0.2) is 9.37 Å². The van der Waals surface area contributed by atoms with E-state index in [1.54, 1.807) is 6.07 Å². The van der Waals surface area contributed by atoms with Gasteiger partial charge < -0.3 is 10.3 Å². The van der Waals surface area contributed by atoms with Crippen molar-refractivity contribution >= 4 is 11.0 Å². The highest BCUT2D eigenvalue weighted by Gasteiger charge is 2.26. The van der Waals surface area contributed by atoms with E-state index in [0.717, 1.165) is 16.9 Å². The van der Waals surface area contributed by atoms with Crippen molar-refractivity contribution in [2.24, 2.45) is 12.8 Å². The lowest BCUT2D eigenvalue weighted by molar-refractivity contribution is 0.455. The van der Waals surface area contributed by atoms with Crippen LogP contribution in [0.2, 0.25) is 0 Å². The number of benzene rings is 1. The second kappa shape index (κ2) is 4.93. The zero-order valence-electron chi connectivity index (χ0n) is 12.0. The molecule has 21 heavy (non-hydrogen) atoms. The van der Waals surface area contributed by atoms with Crippen LogP contribution in [0.5, 0.6) is 0 Å². The van der Waals surface area contributed by atoms with Gasteiger partial charge >= 0.3 is 0 Å². The molecule has 0 saturated carbocycles. The van der Waals surface area contributed by atoms with Gasteiger partial charge in [0.25, 0.3) is 0 Å². The number of hydrogen-bond donors (Lipinski definition) is 1. The first-order chi connectivity index (χ1) is 9.97. The van der Waals surface area contributed by atoms with E-state index in [-0.39, 0.29) is 5.82 Å². The second-order valence-corrected chi connectivity index (χ2v) is 5.53. The van der Waals surface area contributed by atoms with Gasteiger partial charge in [0.05, 0.1) is 28.5 Å². The molecule has 0 aliphatic rings. The average Bonchev–Trinajstić information content (AvgIpc) is 2.76. The van der Waals surface area contributed by atoms with Gasteiger partial charge in [-0.2, -0.15) is 0 Å². The summed E-state index contributed by atoms with van der Waals surface area (Å²) in [5, 5.41) is 0. The quantitative estimate of drug-likeness (QED) is 0.804. The zero-order valence-corrected chi connectivity index (χ0v) is 12.0. The normalized spacial score (nSPS) is 14.3. The predicted octanol–water partition coefficient (Wildman–Crippen LogP) is 2.52. The number of pyridine rings is 1. The fourth-order valence-corrected chi connectivity index (χ4v) is 2.49. The Morgan fingerprint density at radius 3 is 2.67 bits per heavy atom. The molecule has 2 N–H and O–H groups in total. The van der Waals surface area contributed by atoms with Crippen LogP contribution in [0.3, 0.4) is 0 Å². The van der Waals surface area contributed by atoms with Crippen LogP contribution in [0, 0.1) is 5.82 Å². The molecule has 4 nitrogen and oxygen atoms in total. The molecule has 0 aliphatic carbocycles. The van der Waals surface area contributed by atoms with Gasteiger partial charge in [-0.3, -0.25) is 4.98 Å². The van der Waals surface area contributed by atoms with Crippen LogP contribution >= 0.6 is 0 Å². The van der Waals surface area contributed by atoms with Crippen LogP contribution in [0.1, 0.15) is 18.4 Å². The van der Waals surface area contributed by atoms with Crippen molar-refractivity contribution in [1.82, 2.24) is 14.5 Å². The number of aromatic nitrogens is 3. The summed E-state index contributed by atoms with van der Waals surface area (Å²) in [7, 11) is 1.97. The number of rotatable bonds is 3. The van der Waals surface area contributed by atoms with Gasteiger partial charge in [0, 0.05) is 13.5 Å². The van der Waals surface area contributed by atoms with Gasteiger partial charge in [0.15, 0.2) is 0 Å². The molecule has 0 radical (unpaired) electrons. The predicted molar refractivity (Wildman–Crippen MR) is 80.2 cm³/mol. The molecule has 0 amide bonds. The summed E-state index contributed by atoms with van der Waals surface area (Å²) in [5.41, 5.74) is 8.32. The number of nitrogens with two attached hydrogens (primary N) is 1. The highest BCUT2D eigenvalue weighted by molar-refractivity contribution is 5.75. The highest BCUT2D eigenvalue weighted by Crippen LogP contribution is 2.23. The van der Waals surface area contributed by atoms with Crippen molar-refractivity contribution in [3.05, 3.63) is 59.9 Å². The molecule has 5 heteroatoms. The molecule has 108 valence electrons. The van der Waals surface area contributed by atoms with E-state index in [4.69, 9.17) is 5.73 Å². The van der Waals surface area contributed by atoms with Crippen LogP contribution in [-0.4, -0.2) is 14.5 Å². The number of halogens is 1. The first-order valence-electron chi connectivity index (χ1n) is 6.78. The SMILES string of the molecule is Cn1c(CC(C)(N)c2ccc(F)cn2)nc2ccccc21. The third-order valence-electron chi connectivity index (χ3n) is 3.72. The summed E-state index contributed by atoms with van der Waals surface area (Å²) in [5.74, 6) is 0.518. The average molecular weight is 284 g/mol. The molecule has 3 aromatic rings. The Hall–Kier alpha value is -2.27. The molecule has 0 aliphatic heterocycles. The molecular weight excluding hydrogens is 267 g/mol. The van der Waals surface area contributed by atoms with Gasteiger partial charge in [-0.05, 0) is 31.2 Å². The van der Waals surface area contributed by atoms with Crippen LogP contribution in [0.25, 0.3) is 11.0 Å². The lowest BCUT2D eigenvalue weighted by Gasteiger charge is -2.23. The maximum atomic E-state index is 13.0. The summed E-state index contributed by atoms with van der Waals surface area (Å²) in [6, 6.07) is 10.9. The molecule has 1 unspecified atom stereocenters. The highest BCUT2D eigenvalue weighted by atomic mass is 19.1. The summed E-state index contributed by atoms with van der Waals surface area (Å²) in [4.78, 5) is 8.71. The molecule has 2 heterocycles. The first kappa shape index (κ1) is 13.7. The second-order valence-electron chi connectivity index (χ2n) is 5.53. The van der Waals surface area contributed by atoms with Gasteiger partial charge in [-0.1, -0.05) is 12.1 Å². The summed E-state index contributed by atoms with van der Waals surface area (Å²) >= 11 is 0. The van der Waals surface area contributed by atoms with E-state index >= 15 is 0 Å². The Kier molecular flexibility index (Phi) is 3.22. The third-order valence-corrected chi connectivity index (χ3v) is 3.72. The fraction of sp³-hybridized carbons (Fsp3) is 0.250. The number of nitrogens with zero attached hydrogens (tertiary/aromatic N) is 3. The zero-order chi connectivity index (χ0) is 15.0. The maximum Gasteiger partial charge on any atom is 0.141 e.